The fraction of sp³-hybridized carbons (Fsp3) is 0.200. The molecule has 0 atom stereocenters. The fourth-order valence-electron chi connectivity index (χ4n) is 1.80. The molecule has 7 heteroatoms. The average molecular weight is 355 g/mol. The van der Waals surface area contributed by atoms with E-state index >= 15 is 0 Å². The zero-order valence-electron chi connectivity index (χ0n) is 11.8. The molecule has 4 nitrogen and oxygen atoms in total. The van der Waals surface area contributed by atoms with E-state index in [0.717, 1.165) is 4.88 Å². The first-order valence-corrected chi connectivity index (χ1v) is 8.62. The summed E-state index contributed by atoms with van der Waals surface area (Å²) in [6.07, 6.45) is 1.66. The third kappa shape index (κ3) is 4.69. The van der Waals surface area contributed by atoms with Crippen LogP contribution in [0.15, 0.2) is 42.3 Å². The van der Waals surface area contributed by atoms with Gasteiger partial charge in [-0.25, -0.2) is 0 Å². The van der Waals surface area contributed by atoms with Crippen molar-refractivity contribution in [2.45, 2.75) is 6.54 Å². The van der Waals surface area contributed by atoms with Gasteiger partial charge in [-0.05, 0) is 23.6 Å². The lowest BCUT2D eigenvalue weighted by atomic mass is 10.3. The Bertz CT molecular complexity index is 652. The number of nitrogens with one attached hydrogen (secondary N) is 1. The molecule has 0 aliphatic heterocycles. The number of amides is 2. The molecule has 0 aliphatic carbocycles. The highest BCUT2D eigenvalue weighted by Gasteiger charge is 2.15. The van der Waals surface area contributed by atoms with Crippen LogP contribution in [0.1, 0.15) is 14.5 Å². The molecule has 0 saturated carbocycles. The van der Waals surface area contributed by atoms with E-state index in [1.807, 2.05) is 11.4 Å². The lowest BCUT2D eigenvalue weighted by molar-refractivity contribution is -0.130. The Hall–Kier alpha value is -1.63. The van der Waals surface area contributed by atoms with Crippen LogP contribution in [0.2, 0.25) is 4.34 Å². The Kier molecular flexibility index (Phi) is 6.18. The van der Waals surface area contributed by atoms with Crippen molar-refractivity contribution in [2.75, 3.05) is 13.1 Å². The molecule has 0 spiro atoms. The second-order valence-electron chi connectivity index (χ2n) is 4.43. The zero-order valence-corrected chi connectivity index (χ0v) is 14.1. The quantitative estimate of drug-likeness (QED) is 0.774. The van der Waals surface area contributed by atoms with Crippen molar-refractivity contribution in [3.05, 3.63) is 56.4 Å². The van der Waals surface area contributed by atoms with Crippen LogP contribution >= 0.6 is 34.3 Å². The molecule has 2 aromatic rings. The summed E-state index contributed by atoms with van der Waals surface area (Å²) < 4.78 is 0.687. The first-order valence-electron chi connectivity index (χ1n) is 6.54. The van der Waals surface area contributed by atoms with Crippen LogP contribution < -0.4 is 5.32 Å². The Morgan fingerprint density at radius 3 is 2.77 bits per heavy atom. The van der Waals surface area contributed by atoms with Gasteiger partial charge in [0.1, 0.15) is 0 Å². The maximum Gasteiger partial charge on any atom is 0.261 e. The molecule has 2 aromatic heterocycles. The predicted octanol–water partition coefficient (Wildman–Crippen LogP) is 3.41. The van der Waals surface area contributed by atoms with Gasteiger partial charge in [-0.3, -0.25) is 9.59 Å². The number of hydrogen-bond acceptors (Lipinski definition) is 4. The Morgan fingerprint density at radius 2 is 2.18 bits per heavy atom. The third-order valence-electron chi connectivity index (χ3n) is 2.82. The van der Waals surface area contributed by atoms with Crippen LogP contribution in [-0.2, 0) is 11.3 Å². The fourth-order valence-corrected chi connectivity index (χ4v) is 3.54. The Balaban J connectivity index is 1.91. The molecule has 0 aromatic carbocycles. The molecule has 0 saturated heterocycles. The number of carbonyl (C=O) groups is 2. The van der Waals surface area contributed by atoms with Crippen LogP contribution in [0.5, 0.6) is 0 Å². The highest BCUT2D eigenvalue weighted by Crippen LogP contribution is 2.22. The summed E-state index contributed by atoms with van der Waals surface area (Å²) in [6, 6.07) is 7.21. The normalized spacial score (nSPS) is 10.2. The van der Waals surface area contributed by atoms with Gasteiger partial charge >= 0.3 is 0 Å². The molecule has 2 heterocycles. The van der Waals surface area contributed by atoms with Gasteiger partial charge in [0.05, 0.1) is 22.3 Å². The van der Waals surface area contributed by atoms with E-state index in [1.54, 1.807) is 29.2 Å². The largest absolute Gasteiger partial charge is 0.342 e. The van der Waals surface area contributed by atoms with Gasteiger partial charge < -0.3 is 10.2 Å². The monoisotopic (exact) mass is 354 g/mol. The van der Waals surface area contributed by atoms with Gasteiger partial charge in [-0.1, -0.05) is 23.7 Å². The molecule has 0 fully saturated rings. The second kappa shape index (κ2) is 8.12. The van der Waals surface area contributed by atoms with E-state index in [-0.39, 0.29) is 18.4 Å². The van der Waals surface area contributed by atoms with Crippen LogP contribution in [0.4, 0.5) is 0 Å². The first-order chi connectivity index (χ1) is 10.6. The predicted molar refractivity (Wildman–Crippen MR) is 91.6 cm³/mol. The van der Waals surface area contributed by atoms with Crippen molar-refractivity contribution >= 4 is 46.1 Å². The highest BCUT2D eigenvalue weighted by atomic mass is 35.5. The van der Waals surface area contributed by atoms with Crippen molar-refractivity contribution in [3.63, 3.8) is 0 Å². The van der Waals surface area contributed by atoms with Gasteiger partial charge in [-0.15, -0.1) is 29.3 Å². The van der Waals surface area contributed by atoms with Gasteiger partial charge in [0.2, 0.25) is 5.91 Å². The maximum atomic E-state index is 12.3. The highest BCUT2D eigenvalue weighted by molar-refractivity contribution is 7.16. The van der Waals surface area contributed by atoms with Crippen molar-refractivity contribution in [1.82, 2.24) is 10.2 Å². The Labute approximate surface area is 142 Å². The van der Waals surface area contributed by atoms with E-state index < -0.39 is 0 Å². The molecular formula is C15H15ClN2O2S2. The number of nitrogens with zero attached hydrogens (tertiary/aromatic N) is 1. The van der Waals surface area contributed by atoms with Crippen molar-refractivity contribution in [1.29, 1.82) is 0 Å². The summed E-state index contributed by atoms with van der Waals surface area (Å²) >= 11 is 8.67. The van der Waals surface area contributed by atoms with Crippen molar-refractivity contribution in [3.8, 4) is 0 Å². The molecule has 116 valence electrons. The minimum atomic E-state index is -0.235. The van der Waals surface area contributed by atoms with Gasteiger partial charge in [0.15, 0.2) is 0 Å². The topological polar surface area (TPSA) is 49.4 Å². The minimum absolute atomic E-state index is 0.0380. The van der Waals surface area contributed by atoms with E-state index in [9.17, 15) is 9.59 Å². The lowest BCUT2D eigenvalue weighted by Gasteiger charge is -2.20. The molecule has 0 bridgehead atoms. The average Bonchev–Trinajstić information content (AvgIpc) is 3.15. The summed E-state index contributed by atoms with van der Waals surface area (Å²) in [6.45, 7) is 4.50. The van der Waals surface area contributed by atoms with Crippen LogP contribution in [0, 0.1) is 0 Å². The molecule has 22 heavy (non-hydrogen) atoms. The molecule has 0 unspecified atom stereocenters. The molecule has 0 aliphatic rings. The molecule has 0 radical (unpaired) electrons. The van der Waals surface area contributed by atoms with E-state index in [4.69, 9.17) is 11.6 Å². The molecule has 1 N–H and O–H groups in total. The second-order valence-corrected chi connectivity index (χ2v) is 7.18. The lowest BCUT2D eigenvalue weighted by Crippen LogP contribution is -2.39. The summed E-state index contributed by atoms with van der Waals surface area (Å²) in [4.78, 5) is 27.3. The van der Waals surface area contributed by atoms with E-state index in [0.29, 0.717) is 22.3 Å². The van der Waals surface area contributed by atoms with Crippen LogP contribution in [0.25, 0.3) is 0 Å². The van der Waals surface area contributed by atoms with Crippen LogP contribution in [0.3, 0.4) is 0 Å². The number of rotatable bonds is 7. The third-order valence-corrected chi connectivity index (χ3v) is 4.91. The van der Waals surface area contributed by atoms with Gasteiger partial charge in [0.25, 0.3) is 5.91 Å². The first kappa shape index (κ1) is 16.7. The van der Waals surface area contributed by atoms with E-state index in [1.165, 1.54) is 22.7 Å². The van der Waals surface area contributed by atoms with Crippen molar-refractivity contribution in [2.24, 2.45) is 0 Å². The molecule has 2 rings (SSSR count). The molecule has 2 amide bonds. The summed E-state index contributed by atoms with van der Waals surface area (Å²) in [5, 5.41) is 4.46. The smallest absolute Gasteiger partial charge is 0.261 e. The molecular weight excluding hydrogens is 340 g/mol. The number of carbonyl (C=O) groups excluding carboxylic acids is 2. The zero-order chi connectivity index (χ0) is 15.9. The standard InChI is InChI=1S/C15H15ClN2O2S2/c1-2-7-18(10-11-5-6-13(16)22-11)14(19)9-17-15(20)12-4-3-8-21-12/h2-6,8H,1,7,9-10H2,(H,17,20). The number of thiophene rings is 2. The number of halogens is 1. The number of hydrogen-bond donors (Lipinski definition) is 1. The summed E-state index contributed by atoms with van der Waals surface area (Å²) in [5.74, 6) is -0.393. The Morgan fingerprint density at radius 1 is 1.36 bits per heavy atom. The van der Waals surface area contributed by atoms with Crippen molar-refractivity contribution < 1.29 is 9.59 Å². The minimum Gasteiger partial charge on any atom is -0.342 e. The van der Waals surface area contributed by atoms with Gasteiger partial charge in [-0.2, -0.15) is 0 Å². The van der Waals surface area contributed by atoms with E-state index in [2.05, 4.69) is 11.9 Å². The summed E-state index contributed by atoms with van der Waals surface area (Å²) in [5.41, 5.74) is 0. The summed E-state index contributed by atoms with van der Waals surface area (Å²) in [7, 11) is 0. The SMILES string of the molecule is C=CCN(Cc1ccc(Cl)s1)C(=O)CNC(=O)c1cccs1. The van der Waals surface area contributed by atoms with Crippen LogP contribution in [-0.4, -0.2) is 29.8 Å². The van der Waals surface area contributed by atoms with Gasteiger partial charge in [0, 0.05) is 11.4 Å². The maximum absolute atomic E-state index is 12.3.